The van der Waals surface area contributed by atoms with E-state index >= 15 is 0 Å². The van der Waals surface area contributed by atoms with Gasteiger partial charge in [0.2, 0.25) is 0 Å². The first-order chi connectivity index (χ1) is 13.5. The summed E-state index contributed by atoms with van der Waals surface area (Å²) >= 11 is 0. The van der Waals surface area contributed by atoms with Crippen LogP contribution in [0.25, 0.3) is 0 Å². The van der Waals surface area contributed by atoms with Crippen LogP contribution in [0.1, 0.15) is 44.1 Å². The second-order valence-corrected chi connectivity index (χ2v) is 7.16. The number of benzene rings is 1. The Bertz CT molecular complexity index is 744. The number of carbonyl (C=O) groups is 2. The molecule has 3 N–H and O–H groups in total. The van der Waals surface area contributed by atoms with E-state index in [0.717, 1.165) is 5.56 Å². The lowest BCUT2D eigenvalue weighted by atomic mass is 9.91. The highest BCUT2D eigenvalue weighted by Gasteiger charge is 2.39. The van der Waals surface area contributed by atoms with Gasteiger partial charge in [-0.1, -0.05) is 48.2 Å². The van der Waals surface area contributed by atoms with Crippen LogP contribution in [0.5, 0.6) is 0 Å². The van der Waals surface area contributed by atoms with Gasteiger partial charge in [-0.25, -0.2) is 0 Å². The van der Waals surface area contributed by atoms with Crippen LogP contribution < -0.4 is 0 Å². The molecule has 0 saturated heterocycles. The Morgan fingerprint density at radius 2 is 1.89 bits per heavy atom. The highest BCUT2D eigenvalue weighted by atomic mass is 16.4. The zero-order valence-electron chi connectivity index (χ0n) is 16.0. The van der Waals surface area contributed by atoms with Crippen LogP contribution in [-0.2, 0) is 16.0 Å². The number of carbonyl (C=O) groups excluding carboxylic acids is 1. The van der Waals surface area contributed by atoms with Gasteiger partial charge in [0.15, 0.2) is 0 Å². The summed E-state index contributed by atoms with van der Waals surface area (Å²) < 4.78 is 0. The molecule has 1 aliphatic rings. The Hall–Kier alpha value is -2.62. The molecular weight excluding hydrogens is 356 g/mol. The summed E-state index contributed by atoms with van der Waals surface area (Å²) in [6.07, 6.45) is 7.73. The lowest BCUT2D eigenvalue weighted by molar-refractivity contribution is -0.137. The van der Waals surface area contributed by atoms with Gasteiger partial charge in [-0.3, -0.25) is 9.59 Å². The zero-order valence-corrected chi connectivity index (χ0v) is 16.0. The number of aliphatic hydroxyl groups excluding tert-OH is 2. The number of aliphatic carboxylic acids is 1. The molecule has 150 valence electrons. The maximum Gasteiger partial charge on any atom is 0.303 e. The van der Waals surface area contributed by atoms with E-state index in [1.165, 1.54) is 0 Å². The summed E-state index contributed by atoms with van der Waals surface area (Å²) in [5.41, 5.74) is 3.97. The van der Waals surface area contributed by atoms with Gasteiger partial charge in [-0.2, -0.15) is 0 Å². The van der Waals surface area contributed by atoms with Gasteiger partial charge in [0.05, 0.1) is 6.10 Å². The molecule has 3 atom stereocenters. The molecule has 1 saturated carbocycles. The number of ketones is 1. The molecule has 1 aliphatic carbocycles. The van der Waals surface area contributed by atoms with Crippen LogP contribution in [0.15, 0.2) is 60.1 Å². The molecule has 1 fully saturated rings. The Labute approximate surface area is 165 Å². The zero-order chi connectivity index (χ0) is 20.4. The van der Waals surface area contributed by atoms with E-state index in [1.807, 2.05) is 42.5 Å². The molecule has 1 aromatic rings. The molecule has 0 spiro atoms. The lowest BCUT2D eigenvalue weighted by Crippen LogP contribution is -2.17. The number of hydrogen-bond donors (Lipinski definition) is 3. The number of aryl methyl sites for hydroxylation is 1. The number of hydrogen-bond acceptors (Lipinski definition) is 4. The molecule has 0 heterocycles. The van der Waals surface area contributed by atoms with E-state index in [0.29, 0.717) is 32.1 Å². The van der Waals surface area contributed by atoms with Gasteiger partial charge in [0.25, 0.3) is 0 Å². The SMILES string of the molecule is O=C(O)CCC/C=C\C[C@@H]1C(=O)C[C@@H](O)[C@@H]1C=C=C(O)CCc1ccccc1. The van der Waals surface area contributed by atoms with Gasteiger partial charge in [-0.15, -0.1) is 0 Å². The fraction of sp³-hybridized carbons (Fsp3) is 0.435. The molecule has 0 unspecified atom stereocenters. The van der Waals surface area contributed by atoms with Crippen LogP contribution in [0.2, 0.25) is 0 Å². The summed E-state index contributed by atoms with van der Waals surface area (Å²) in [5, 5.41) is 28.9. The third-order valence-electron chi connectivity index (χ3n) is 4.99. The summed E-state index contributed by atoms with van der Waals surface area (Å²) in [5.74, 6) is -1.39. The second kappa shape index (κ2) is 11.3. The summed E-state index contributed by atoms with van der Waals surface area (Å²) in [7, 11) is 0. The highest BCUT2D eigenvalue weighted by molar-refractivity contribution is 5.84. The van der Waals surface area contributed by atoms with Crippen molar-refractivity contribution >= 4 is 11.8 Å². The smallest absolute Gasteiger partial charge is 0.303 e. The van der Waals surface area contributed by atoms with Crippen molar-refractivity contribution in [3.8, 4) is 0 Å². The maximum absolute atomic E-state index is 12.2. The predicted octanol–water partition coefficient (Wildman–Crippen LogP) is 3.98. The minimum absolute atomic E-state index is 0.00881. The largest absolute Gasteiger partial charge is 0.505 e. The molecule has 0 aliphatic heterocycles. The number of carboxylic acid groups (broad SMARTS) is 1. The van der Waals surface area contributed by atoms with Gasteiger partial charge in [-0.05, 0) is 37.3 Å². The van der Waals surface area contributed by atoms with Crippen LogP contribution in [0.3, 0.4) is 0 Å². The summed E-state index contributed by atoms with van der Waals surface area (Å²) in [6, 6.07) is 9.83. The van der Waals surface area contributed by atoms with E-state index in [-0.39, 0.29) is 36.2 Å². The molecule has 2 rings (SSSR count). The van der Waals surface area contributed by atoms with Crippen molar-refractivity contribution in [1.29, 1.82) is 0 Å². The predicted molar refractivity (Wildman–Crippen MR) is 107 cm³/mol. The molecule has 5 heteroatoms. The molecule has 0 aromatic heterocycles. The molecule has 0 amide bonds. The van der Waals surface area contributed by atoms with Crippen LogP contribution in [-0.4, -0.2) is 33.2 Å². The van der Waals surface area contributed by atoms with Gasteiger partial charge in [0, 0.05) is 31.1 Å². The molecule has 5 nitrogen and oxygen atoms in total. The average molecular weight is 384 g/mol. The third-order valence-corrected chi connectivity index (χ3v) is 4.99. The number of allylic oxidation sites excluding steroid dienone is 2. The third kappa shape index (κ3) is 7.18. The molecule has 1 aromatic carbocycles. The van der Waals surface area contributed by atoms with Crippen molar-refractivity contribution in [3.63, 3.8) is 0 Å². The fourth-order valence-electron chi connectivity index (χ4n) is 3.40. The Balaban J connectivity index is 1.90. The minimum Gasteiger partial charge on any atom is -0.505 e. The molecule has 0 radical (unpaired) electrons. The minimum atomic E-state index is -0.813. The van der Waals surface area contributed by atoms with E-state index in [2.05, 4.69) is 5.73 Å². The van der Waals surface area contributed by atoms with Gasteiger partial charge < -0.3 is 15.3 Å². The number of unbranched alkanes of at least 4 members (excludes halogenated alkanes) is 1. The van der Waals surface area contributed by atoms with E-state index in [4.69, 9.17) is 5.11 Å². The Morgan fingerprint density at radius 3 is 2.61 bits per heavy atom. The Kier molecular flexibility index (Phi) is 8.73. The van der Waals surface area contributed by atoms with Gasteiger partial charge in [0.1, 0.15) is 11.5 Å². The molecule has 0 bridgehead atoms. The van der Waals surface area contributed by atoms with Gasteiger partial charge >= 0.3 is 5.97 Å². The van der Waals surface area contributed by atoms with Crippen molar-refractivity contribution in [1.82, 2.24) is 0 Å². The van der Waals surface area contributed by atoms with Crippen molar-refractivity contribution in [2.24, 2.45) is 11.8 Å². The van der Waals surface area contributed by atoms with E-state index in [1.54, 1.807) is 6.08 Å². The maximum atomic E-state index is 12.2. The summed E-state index contributed by atoms with van der Waals surface area (Å²) in [6.45, 7) is 0. The topological polar surface area (TPSA) is 94.8 Å². The normalized spacial score (nSPS) is 21.6. The number of carboxylic acids is 1. The van der Waals surface area contributed by atoms with Crippen LogP contribution in [0, 0.1) is 11.8 Å². The quantitative estimate of drug-likeness (QED) is 0.245. The second-order valence-electron chi connectivity index (χ2n) is 7.16. The lowest BCUT2D eigenvalue weighted by Gasteiger charge is -2.14. The molecule has 28 heavy (non-hydrogen) atoms. The van der Waals surface area contributed by atoms with Crippen molar-refractivity contribution in [3.05, 3.63) is 65.6 Å². The standard InChI is InChI=1S/C23H28O5/c24-18(13-12-17-8-4-3-5-9-17)14-15-20-19(21(25)16-22(20)26)10-6-1-2-7-11-23(27)28/h1,3-6,8-9,15,19-20,22,24,26H,2,7,10-13,16H2,(H,27,28)/b6-1-/t14?,19-,20+,22+/m0/s1. The number of rotatable bonds is 10. The first-order valence-corrected chi connectivity index (χ1v) is 9.73. The highest BCUT2D eigenvalue weighted by Crippen LogP contribution is 2.33. The first-order valence-electron chi connectivity index (χ1n) is 9.73. The van der Waals surface area contributed by atoms with E-state index < -0.39 is 12.1 Å². The number of Topliss-reactive ketones (excluding diaryl/α,β-unsaturated/α-hetero) is 1. The van der Waals surface area contributed by atoms with Crippen molar-refractivity contribution < 1.29 is 24.9 Å². The summed E-state index contributed by atoms with van der Waals surface area (Å²) in [4.78, 5) is 22.7. The first kappa shape index (κ1) is 21.7. The Morgan fingerprint density at radius 1 is 1.14 bits per heavy atom. The average Bonchev–Trinajstić information content (AvgIpc) is 2.94. The van der Waals surface area contributed by atoms with Crippen LogP contribution in [0.4, 0.5) is 0 Å². The van der Waals surface area contributed by atoms with Crippen molar-refractivity contribution in [2.45, 2.75) is 51.0 Å². The number of aliphatic hydroxyl groups is 2. The van der Waals surface area contributed by atoms with E-state index in [9.17, 15) is 19.8 Å². The monoisotopic (exact) mass is 384 g/mol. The van der Waals surface area contributed by atoms with Crippen molar-refractivity contribution in [2.75, 3.05) is 0 Å². The van der Waals surface area contributed by atoms with Crippen LogP contribution >= 0.6 is 0 Å². The fourth-order valence-corrected chi connectivity index (χ4v) is 3.40. The molecular formula is C23H28O5.